The highest BCUT2D eigenvalue weighted by Gasteiger charge is 1.82. The van der Waals surface area contributed by atoms with E-state index in [1.54, 1.807) is 12.4 Å². The molecule has 0 aromatic carbocycles. The van der Waals surface area contributed by atoms with E-state index in [2.05, 4.69) is 18.5 Å². The van der Waals surface area contributed by atoms with Crippen LogP contribution < -0.4 is 0 Å². The largest absolute Gasteiger partial charge is 0.270 e. The van der Waals surface area contributed by atoms with Gasteiger partial charge in [0.05, 0.1) is 0 Å². The molecule has 0 saturated heterocycles. The Balaban J connectivity index is 3.43. The van der Waals surface area contributed by atoms with Gasteiger partial charge in [0.15, 0.2) is 0 Å². The fourth-order valence-electron chi connectivity index (χ4n) is 0.511. The van der Waals surface area contributed by atoms with E-state index in [9.17, 15) is 0 Å². The van der Waals surface area contributed by atoms with E-state index in [1.165, 1.54) is 5.57 Å². The van der Waals surface area contributed by atoms with Crippen molar-refractivity contribution in [2.45, 2.75) is 26.7 Å². The van der Waals surface area contributed by atoms with Crippen molar-refractivity contribution in [3.8, 4) is 0 Å². The highest BCUT2D eigenvalue weighted by atomic mass is 14.6. The fourth-order valence-corrected chi connectivity index (χ4v) is 0.511. The molecule has 1 heteroatoms. The highest BCUT2D eigenvalue weighted by Crippen LogP contribution is 2.02. The van der Waals surface area contributed by atoms with Gasteiger partial charge < -0.3 is 0 Å². The zero-order valence-electron chi connectivity index (χ0n) is 6.80. The standard InChI is InChI=1S/C9H15N/c1-4-9(3)7-6-8-10-5-2/h5-6,8H,3-4,7H2,1-2H3. The van der Waals surface area contributed by atoms with Gasteiger partial charge in [-0.05, 0) is 19.8 Å². The Kier molecular flexibility index (Phi) is 5.74. The summed E-state index contributed by atoms with van der Waals surface area (Å²) in [5, 5.41) is 0. The molecule has 1 nitrogen and oxygen atoms in total. The topological polar surface area (TPSA) is 12.4 Å². The maximum Gasteiger partial charge on any atom is 0.0227 e. The lowest BCUT2D eigenvalue weighted by molar-refractivity contribution is 1.04. The number of nitrogens with zero attached hydrogens (tertiary/aromatic N) is 1. The molecule has 0 aromatic heterocycles. The lowest BCUT2D eigenvalue weighted by Gasteiger charge is -1.92. The quantitative estimate of drug-likeness (QED) is 0.417. The summed E-state index contributed by atoms with van der Waals surface area (Å²) >= 11 is 0. The minimum atomic E-state index is 0.952. The van der Waals surface area contributed by atoms with Crippen LogP contribution in [-0.2, 0) is 0 Å². The second kappa shape index (κ2) is 6.27. The summed E-state index contributed by atoms with van der Waals surface area (Å²) in [6.07, 6.45) is 7.60. The lowest BCUT2D eigenvalue weighted by atomic mass is 10.2. The van der Waals surface area contributed by atoms with E-state index in [4.69, 9.17) is 0 Å². The Morgan fingerprint density at radius 2 is 2.30 bits per heavy atom. The summed E-state index contributed by atoms with van der Waals surface area (Å²) in [4.78, 5) is 3.93. The highest BCUT2D eigenvalue weighted by molar-refractivity contribution is 5.54. The van der Waals surface area contributed by atoms with Crippen LogP contribution in [0.15, 0.2) is 29.4 Å². The molecule has 0 fully saturated rings. The summed E-state index contributed by atoms with van der Waals surface area (Å²) in [7, 11) is 0. The van der Waals surface area contributed by atoms with Gasteiger partial charge in [0.25, 0.3) is 0 Å². The molecule has 0 radical (unpaired) electrons. The van der Waals surface area contributed by atoms with E-state index >= 15 is 0 Å². The molecular weight excluding hydrogens is 122 g/mol. The molecule has 0 spiro atoms. The Hall–Kier alpha value is -0.850. The molecule has 0 aromatic rings. The van der Waals surface area contributed by atoms with Crippen LogP contribution in [0.4, 0.5) is 0 Å². The first-order valence-corrected chi connectivity index (χ1v) is 3.60. The van der Waals surface area contributed by atoms with Crippen LogP contribution in [0.25, 0.3) is 0 Å². The summed E-state index contributed by atoms with van der Waals surface area (Å²) in [6, 6.07) is 0. The SMILES string of the molecule is C=C(CC)CC=CN=CC. The first kappa shape index (κ1) is 9.15. The van der Waals surface area contributed by atoms with Crippen LogP contribution in [0.1, 0.15) is 26.7 Å². The van der Waals surface area contributed by atoms with E-state index in [0.29, 0.717) is 0 Å². The van der Waals surface area contributed by atoms with Gasteiger partial charge in [0.2, 0.25) is 0 Å². The number of hydrogen-bond acceptors (Lipinski definition) is 1. The molecule has 0 heterocycles. The predicted octanol–water partition coefficient (Wildman–Crippen LogP) is 2.95. The van der Waals surface area contributed by atoms with Crippen LogP contribution >= 0.6 is 0 Å². The molecule has 0 unspecified atom stereocenters. The summed E-state index contributed by atoms with van der Waals surface area (Å²) in [6.45, 7) is 7.88. The van der Waals surface area contributed by atoms with Gasteiger partial charge in [-0.2, -0.15) is 0 Å². The normalized spacial score (nSPS) is 11.4. The maximum atomic E-state index is 3.93. The summed E-state index contributed by atoms with van der Waals surface area (Å²) in [5.74, 6) is 0. The monoisotopic (exact) mass is 137 g/mol. The van der Waals surface area contributed by atoms with Crippen molar-refractivity contribution in [3.05, 3.63) is 24.4 Å². The first-order valence-electron chi connectivity index (χ1n) is 3.60. The Morgan fingerprint density at radius 1 is 1.60 bits per heavy atom. The van der Waals surface area contributed by atoms with Crippen LogP contribution in [0.5, 0.6) is 0 Å². The van der Waals surface area contributed by atoms with Crippen molar-refractivity contribution in [2.24, 2.45) is 4.99 Å². The molecule has 0 aliphatic carbocycles. The molecule has 10 heavy (non-hydrogen) atoms. The molecule has 0 rings (SSSR count). The van der Waals surface area contributed by atoms with Crippen molar-refractivity contribution >= 4 is 6.21 Å². The molecule has 0 aliphatic heterocycles. The van der Waals surface area contributed by atoms with Gasteiger partial charge in [-0.25, -0.2) is 0 Å². The van der Waals surface area contributed by atoms with E-state index in [-0.39, 0.29) is 0 Å². The third kappa shape index (κ3) is 5.29. The van der Waals surface area contributed by atoms with Crippen molar-refractivity contribution in [1.82, 2.24) is 0 Å². The second-order valence-electron chi connectivity index (χ2n) is 2.10. The van der Waals surface area contributed by atoms with E-state index in [0.717, 1.165) is 12.8 Å². The van der Waals surface area contributed by atoms with Crippen LogP contribution in [0.2, 0.25) is 0 Å². The van der Waals surface area contributed by atoms with Crippen LogP contribution in [-0.4, -0.2) is 6.21 Å². The van der Waals surface area contributed by atoms with Gasteiger partial charge >= 0.3 is 0 Å². The van der Waals surface area contributed by atoms with Gasteiger partial charge in [-0.3, -0.25) is 4.99 Å². The van der Waals surface area contributed by atoms with E-state index in [1.807, 2.05) is 13.0 Å². The molecular formula is C9H15N. The van der Waals surface area contributed by atoms with Crippen LogP contribution in [0, 0.1) is 0 Å². The zero-order valence-corrected chi connectivity index (χ0v) is 6.80. The van der Waals surface area contributed by atoms with Crippen molar-refractivity contribution in [1.29, 1.82) is 0 Å². The van der Waals surface area contributed by atoms with Crippen molar-refractivity contribution in [3.63, 3.8) is 0 Å². The minimum Gasteiger partial charge on any atom is -0.270 e. The Bertz CT molecular complexity index is 143. The average Bonchev–Trinajstić information content (AvgIpc) is 1.98. The smallest absolute Gasteiger partial charge is 0.0227 e. The van der Waals surface area contributed by atoms with E-state index < -0.39 is 0 Å². The van der Waals surface area contributed by atoms with Crippen LogP contribution in [0.3, 0.4) is 0 Å². The lowest BCUT2D eigenvalue weighted by Crippen LogP contribution is -1.72. The third-order valence-electron chi connectivity index (χ3n) is 1.25. The zero-order chi connectivity index (χ0) is 7.82. The number of rotatable bonds is 4. The van der Waals surface area contributed by atoms with Crippen molar-refractivity contribution in [2.75, 3.05) is 0 Å². The molecule has 0 bridgehead atoms. The predicted molar refractivity (Wildman–Crippen MR) is 47.4 cm³/mol. The average molecular weight is 137 g/mol. The third-order valence-corrected chi connectivity index (χ3v) is 1.25. The summed E-state index contributed by atoms with van der Waals surface area (Å²) in [5.41, 5.74) is 1.25. The molecule has 0 N–H and O–H groups in total. The molecule has 0 atom stereocenters. The molecule has 56 valence electrons. The van der Waals surface area contributed by atoms with Gasteiger partial charge in [-0.1, -0.05) is 25.2 Å². The second-order valence-corrected chi connectivity index (χ2v) is 2.10. The minimum absolute atomic E-state index is 0.952. The maximum absolute atomic E-state index is 3.93. The van der Waals surface area contributed by atoms with Gasteiger partial charge in [-0.15, -0.1) is 0 Å². The fraction of sp³-hybridized carbons (Fsp3) is 0.444. The van der Waals surface area contributed by atoms with Gasteiger partial charge in [0.1, 0.15) is 0 Å². The first-order chi connectivity index (χ1) is 4.81. The summed E-state index contributed by atoms with van der Waals surface area (Å²) < 4.78 is 0. The molecule has 0 saturated carbocycles. The molecule has 0 aliphatic rings. The number of aliphatic imine (C=N–C) groups is 1. The Labute approximate surface area is 63.2 Å². The number of hydrogen-bond donors (Lipinski definition) is 0. The van der Waals surface area contributed by atoms with Crippen molar-refractivity contribution < 1.29 is 0 Å². The Morgan fingerprint density at radius 3 is 2.80 bits per heavy atom. The van der Waals surface area contributed by atoms with Gasteiger partial charge in [0, 0.05) is 12.4 Å². The molecule has 0 amide bonds. The number of allylic oxidation sites excluding steroid dienone is 2.